The first kappa shape index (κ1) is 7.48. The minimum Gasteiger partial charge on any atom is -0.396 e. The van der Waals surface area contributed by atoms with Crippen molar-refractivity contribution in [2.24, 2.45) is 5.92 Å². The first-order chi connectivity index (χ1) is 3.85. The van der Waals surface area contributed by atoms with Crippen molar-refractivity contribution in [3.05, 3.63) is 0 Å². The Morgan fingerprint density at radius 1 is 1.50 bits per heavy atom. The lowest BCUT2D eigenvalue weighted by Gasteiger charge is -2.00. The van der Waals surface area contributed by atoms with Crippen molar-refractivity contribution in [1.82, 2.24) is 0 Å². The summed E-state index contributed by atoms with van der Waals surface area (Å²) in [4.78, 5) is 0. The Labute approximate surface area is 49.2 Å². The summed E-state index contributed by atoms with van der Waals surface area (Å²) in [5.74, 6) is 2.18. The number of aliphatic hydroxyl groups excluding tert-OH is 2. The zero-order valence-corrected chi connectivity index (χ0v) is 4.67. The van der Waals surface area contributed by atoms with Crippen LogP contribution < -0.4 is 0 Å². The summed E-state index contributed by atoms with van der Waals surface area (Å²) >= 11 is 0. The SMILES string of the molecule is C#CC(CO)CCO. The Hall–Kier alpha value is -0.520. The van der Waals surface area contributed by atoms with E-state index in [9.17, 15) is 0 Å². The maximum Gasteiger partial charge on any atom is 0.0569 e. The highest BCUT2D eigenvalue weighted by molar-refractivity contribution is 4.92. The van der Waals surface area contributed by atoms with Gasteiger partial charge in [-0.15, -0.1) is 12.3 Å². The van der Waals surface area contributed by atoms with Crippen LogP contribution in [-0.4, -0.2) is 23.4 Å². The highest BCUT2D eigenvalue weighted by Gasteiger charge is 1.98. The summed E-state index contributed by atoms with van der Waals surface area (Å²) in [7, 11) is 0. The van der Waals surface area contributed by atoms with E-state index in [2.05, 4.69) is 5.92 Å². The first-order valence-electron chi connectivity index (χ1n) is 2.53. The Balaban J connectivity index is 3.26. The molecule has 0 aromatic carbocycles. The molecule has 0 fully saturated rings. The van der Waals surface area contributed by atoms with Gasteiger partial charge < -0.3 is 10.2 Å². The van der Waals surface area contributed by atoms with Crippen LogP contribution in [0.5, 0.6) is 0 Å². The van der Waals surface area contributed by atoms with Crippen LogP contribution in [0.2, 0.25) is 0 Å². The number of hydrogen-bond donors (Lipinski definition) is 2. The molecule has 0 spiro atoms. The van der Waals surface area contributed by atoms with Crippen LogP contribution in [0.3, 0.4) is 0 Å². The van der Waals surface area contributed by atoms with E-state index in [0.717, 1.165) is 0 Å². The predicted octanol–water partition coefficient (Wildman–Crippen LogP) is -0.389. The van der Waals surface area contributed by atoms with Crippen LogP contribution in [-0.2, 0) is 0 Å². The molecule has 0 bridgehead atoms. The van der Waals surface area contributed by atoms with E-state index in [1.54, 1.807) is 0 Å². The minimum atomic E-state index is -0.167. The van der Waals surface area contributed by atoms with Crippen LogP contribution in [0.1, 0.15) is 6.42 Å². The molecule has 0 saturated carbocycles. The molecule has 0 heterocycles. The molecule has 0 rings (SSSR count). The Bertz CT molecular complexity index is 83.0. The van der Waals surface area contributed by atoms with Crippen LogP contribution in [0.15, 0.2) is 0 Å². The van der Waals surface area contributed by atoms with Gasteiger partial charge in [-0.25, -0.2) is 0 Å². The summed E-state index contributed by atoms with van der Waals surface area (Å²) in [5.41, 5.74) is 0. The standard InChI is InChI=1S/C6H10O2/c1-2-6(5-8)3-4-7/h1,6-8H,3-5H2. The van der Waals surface area contributed by atoms with Gasteiger partial charge in [-0.3, -0.25) is 0 Å². The zero-order chi connectivity index (χ0) is 6.41. The zero-order valence-electron chi connectivity index (χ0n) is 4.67. The summed E-state index contributed by atoms with van der Waals surface area (Å²) in [6, 6.07) is 0. The van der Waals surface area contributed by atoms with Gasteiger partial charge in [0.05, 0.1) is 6.61 Å². The molecule has 8 heavy (non-hydrogen) atoms. The molecule has 46 valence electrons. The van der Waals surface area contributed by atoms with Gasteiger partial charge in [0.15, 0.2) is 0 Å². The Morgan fingerprint density at radius 3 is 2.25 bits per heavy atom. The number of hydrogen-bond acceptors (Lipinski definition) is 2. The minimum absolute atomic E-state index is 0.0307. The average Bonchev–Trinajstić information content (AvgIpc) is 1.83. The fourth-order valence-electron chi connectivity index (χ4n) is 0.383. The molecule has 2 heteroatoms. The van der Waals surface area contributed by atoms with Gasteiger partial charge in [0.1, 0.15) is 0 Å². The van der Waals surface area contributed by atoms with Crippen molar-refractivity contribution >= 4 is 0 Å². The molecular formula is C6H10O2. The van der Waals surface area contributed by atoms with Gasteiger partial charge in [0.25, 0.3) is 0 Å². The highest BCUT2D eigenvalue weighted by atomic mass is 16.3. The number of terminal acetylenes is 1. The largest absolute Gasteiger partial charge is 0.396 e. The van der Waals surface area contributed by atoms with Gasteiger partial charge in [0, 0.05) is 12.5 Å². The van der Waals surface area contributed by atoms with E-state index >= 15 is 0 Å². The normalized spacial score (nSPS) is 12.6. The molecular weight excluding hydrogens is 104 g/mol. The highest BCUT2D eigenvalue weighted by Crippen LogP contribution is 1.96. The van der Waals surface area contributed by atoms with E-state index < -0.39 is 0 Å². The van der Waals surface area contributed by atoms with E-state index in [0.29, 0.717) is 6.42 Å². The van der Waals surface area contributed by atoms with Crippen molar-refractivity contribution in [3.8, 4) is 12.3 Å². The second kappa shape index (κ2) is 4.63. The number of aliphatic hydroxyl groups is 2. The molecule has 0 aromatic rings. The third kappa shape index (κ3) is 2.62. The molecule has 2 nitrogen and oxygen atoms in total. The molecule has 0 radical (unpaired) electrons. The topological polar surface area (TPSA) is 40.5 Å². The van der Waals surface area contributed by atoms with Gasteiger partial charge in [-0.1, -0.05) is 0 Å². The average molecular weight is 114 g/mol. The monoisotopic (exact) mass is 114 g/mol. The predicted molar refractivity (Wildman–Crippen MR) is 31.1 cm³/mol. The third-order valence-electron chi connectivity index (χ3n) is 0.934. The molecule has 2 N–H and O–H groups in total. The van der Waals surface area contributed by atoms with E-state index in [1.807, 2.05) is 0 Å². The maximum atomic E-state index is 8.40. The fraction of sp³-hybridized carbons (Fsp3) is 0.667. The summed E-state index contributed by atoms with van der Waals surface area (Å²) in [6.45, 7) is 0.0203. The van der Waals surface area contributed by atoms with Crippen LogP contribution in [0, 0.1) is 18.3 Å². The number of rotatable bonds is 3. The van der Waals surface area contributed by atoms with Crippen molar-refractivity contribution in [2.45, 2.75) is 6.42 Å². The van der Waals surface area contributed by atoms with Gasteiger partial charge >= 0.3 is 0 Å². The van der Waals surface area contributed by atoms with Crippen LogP contribution in [0.4, 0.5) is 0 Å². The molecule has 1 atom stereocenters. The lowest BCUT2D eigenvalue weighted by molar-refractivity contribution is 0.212. The Morgan fingerprint density at radius 2 is 2.12 bits per heavy atom. The van der Waals surface area contributed by atoms with Crippen molar-refractivity contribution in [2.75, 3.05) is 13.2 Å². The van der Waals surface area contributed by atoms with E-state index in [1.165, 1.54) is 0 Å². The van der Waals surface area contributed by atoms with E-state index in [-0.39, 0.29) is 19.1 Å². The molecule has 0 saturated heterocycles. The quantitative estimate of drug-likeness (QED) is 0.490. The second-order valence-corrected chi connectivity index (χ2v) is 1.56. The third-order valence-corrected chi connectivity index (χ3v) is 0.934. The fourth-order valence-corrected chi connectivity index (χ4v) is 0.383. The summed E-state index contributed by atoms with van der Waals surface area (Å²) < 4.78 is 0. The lowest BCUT2D eigenvalue weighted by Crippen LogP contribution is -2.04. The van der Waals surface area contributed by atoms with Gasteiger partial charge in [-0.05, 0) is 6.42 Å². The lowest BCUT2D eigenvalue weighted by atomic mass is 10.1. The van der Waals surface area contributed by atoms with Crippen molar-refractivity contribution in [3.63, 3.8) is 0 Å². The second-order valence-electron chi connectivity index (χ2n) is 1.56. The maximum absolute atomic E-state index is 8.40. The van der Waals surface area contributed by atoms with E-state index in [4.69, 9.17) is 16.6 Å². The molecule has 0 aliphatic carbocycles. The summed E-state index contributed by atoms with van der Waals surface area (Å²) in [6.07, 6.45) is 5.44. The summed E-state index contributed by atoms with van der Waals surface area (Å²) in [5, 5.41) is 16.7. The van der Waals surface area contributed by atoms with Gasteiger partial charge in [0.2, 0.25) is 0 Å². The smallest absolute Gasteiger partial charge is 0.0569 e. The molecule has 0 aliphatic rings. The van der Waals surface area contributed by atoms with Crippen molar-refractivity contribution < 1.29 is 10.2 Å². The first-order valence-corrected chi connectivity index (χ1v) is 2.53. The molecule has 0 aliphatic heterocycles. The molecule has 1 unspecified atom stereocenters. The van der Waals surface area contributed by atoms with Gasteiger partial charge in [-0.2, -0.15) is 0 Å². The van der Waals surface area contributed by atoms with Crippen LogP contribution in [0.25, 0.3) is 0 Å². The Kier molecular flexibility index (Phi) is 4.33. The van der Waals surface area contributed by atoms with Crippen LogP contribution >= 0.6 is 0 Å². The molecule has 0 aromatic heterocycles. The molecule has 0 amide bonds. The van der Waals surface area contributed by atoms with Crippen molar-refractivity contribution in [1.29, 1.82) is 0 Å².